The van der Waals surface area contributed by atoms with Crippen LogP contribution in [0.1, 0.15) is 122 Å². The number of hydrogen-bond acceptors (Lipinski definition) is 1. The van der Waals surface area contributed by atoms with Gasteiger partial charge in [0.25, 0.3) is 0 Å². The molecule has 0 aliphatic heterocycles. The van der Waals surface area contributed by atoms with Crippen LogP contribution in [0.15, 0.2) is 84.9 Å². The minimum atomic E-state index is -0.912. The van der Waals surface area contributed by atoms with Crippen LogP contribution in [-0.2, 0) is 6.42 Å². The third-order valence-electron chi connectivity index (χ3n) is 9.32. The van der Waals surface area contributed by atoms with Crippen molar-refractivity contribution in [3.8, 4) is 39.1 Å². The van der Waals surface area contributed by atoms with Crippen LogP contribution in [0.25, 0.3) is 33.4 Å². The lowest BCUT2D eigenvalue weighted by Gasteiger charge is -2.11. The number of aryl methyl sites for hydroxylation is 1. The topological polar surface area (TPSA) is 9.23 Å². The van der Waals surface area contributed by atoms with Gasteiger partial charge in [-0.05, 0) is 64.8 Å². The van der Waals surface area contributed by atoms with Crippen molar-refractivity contribution in [2.24, 2.45) is 0 Å². The Morgan fingerprint density at radius 1 is 0.404 bits per heavy atom. The molecule has 0 bridgehead atoms. The van der Waals surface area contributed by atoms with E-state index >= 15 is 4.39 Å². The Hall–Kier alpha value is -3.46. The zero-order chi connectivity index (χ0) is 33.1. The van der Waals surface area contributed by atoms with E-state index < -0.39 is 11.6 Å². The zero-order valence-electron chi connectivity index (χ0n) is 29.0. The van der Waals surface area contributed by atoms with Crippen molar-refractivity contribution in [1.29, 1.82) is 0 Å². The molecule has 0 aliphatic rings. The van der Waals surface area contributed by atoms with E-state index in [2.05, 4.69) is 62.4 Å². The van der Waals surface area contributed by atoms with Crippen LogP contribution in [0, 0.1) is 11.6 Å². The van der Waals surface area contributed by atoms with Gasteiger partial charge in [0.2, 0.25) is 5.82 Å². The lowest BCUT2D eigenvalue weighted by atomic mass is 9.97. The van der Waals surface area contributed by atoms with Crippen LogP contribution in [0.3, 0.4) is 0 Å². The number of halogens is 2. The van der Waals surface area contributed by atoms with Gasteiger partial charge < -0.3 is 4.74 Å². The van der Waals surface area contributed by atoms with E-state index in [-0.39, 0.29) is 11.3 Å². The van der Waals surface area contributed by atoms with Gasteiger partial charge >= 0.3 is 0 Å². The average molecular weight is 639 g/mol. The predicted octanol–water partition coefficient (Wildman–Crippen LogP) is 14.2. The van der Waals surface area contributed by atoms with Crippen LogP contribution >= 0.6 is 0 Å². The van der Waals surface area contributed by atoms with Gasteiger partial charge in [-0.25, -0.2) is 4.39 Å². The molecule has 252 valence electrons. The van der Waals surface area contributed by atoms with Gasteiger partial charge in [0, 0.05) is 5.56 Å². The quantitative estimate of drug-likeness (QED) is 0.0778. The maximum Gasteiger partial charge on any atom is 0.201 e. The molecule has 0 spiro atoms. The molecule has 0 aromatic heterocycles. The number of rotatable bonds is 22. The summed E-state index contributed by atoms with van der Waals surface area (Å²) in [5.41, 5.74) is 6.81. The molecule has 0 amide bonds. The van der Waals surface area contributed by atoms with E-state index in [0.717, 1.165) is 30.4 Å². The van der Waals surface area contributed by atoms with Crippen molar-refractivity contribution < 1.29 is 13.5 Å². The lowest BCUT2D eigenvalue weighted by molar-refractivity contribution is 0.285. The Bertz CT molecular complexity index is 1420. The van der Waals surface area contributed by atoms with Crippen molar-refractivity contribution in [3.05, 3.63) is 102 Å². The van der Waals surface area contributed by atoms with Gasteiger partial charge in [0.15, 0.2) is 11.6 Å². The minimum Gasteiger partial charge on any atom is -0.490 e. The van der Waals surface area contributed by atoms with Crippen molar-refractivity contribution >= 4 is 0 Å². The van der Waals surface area contributed by atoms with Gasteiger partial charge in [-0.1, -0.05) is 177 Å². The summed E-state index contributed by atoms with van der Waals surface area (Å²) >= 11 is 0. The highest BCUT2D eigenvalue weighted by Crippen LogP contribution is 2.32. The fourth-order valence-electron chi connectivity index (χ4n) is 6.31. The Morgan fingerprint density at radius 3 is 1.30 bits per heavy atom. The molecule has 0 heterocycles. The molecule has 3 heteroatoms. The fraction of sp³-hybridized carbons (Fsp3) is 0.455. The van der Waals surface area contributed by atoms with Gasteiger partial charge in [-0.2, -0.15) is 4.39 Å². The molecule has 0 saturated heterocycles. The van der Waals surface area contributed by atoms with E-state index in [9.17, 15) is 4.39 Å². The van der Waals surface area contributed by atoms with Crippen LogP contribution in [0.4, 0.5) is 8.78 Å². The maximum absolute atomic E-state index is 15.1. The molecule has 0 fully saturated rings. The number of unbranched alkanes of at least 4 members (excludes halogenated alkanes) is 14. The Morgan fingerprint density at radius 2 is 0.809 bits per heavy atom. The Kier molecular flexibility index (Phi) is 16.0. The van der Waals surface area contributed by atoms with Gasteiger partial charge in [-0.3, -0.25) is 0 Å². The normalized spacial score (nSPS) is 11.2. The van der Waals surface area contributed by atoms with Gasteiger partial charge in [0.05, 0.1) is 6.61 Å². The highest BCUT2D eigenvalue weighted by atomic mass is 19.2. The first-order valence-corrected chi connectivity index (χ1v) is 18.5. The highest BCUT2D eigenvalue weighted by Gasteiger charge is 2.16. The van der Waals surface area contributed by atoms with E-state index in [1.165, 1.54) is 107 Å². The monoisotopic (exact) mass is 638 g/mol. The Balaban J connectivity index is 1.24. The summed E-state index contributed by atoms with van der Waals surface area (Å²) in [5.74, 6) is -1.78. The Labute approximate surface area is 283 Å². The van der Waals surface area contributed by atoms with E-state index in [0.29, 0.717) is 12.2 Å². The van der Waals surface area contributed by atoms with E-state index in [1.54, 1.807) is 12.1 Å². The summed E-state index contributed by atoms with van der Waals surface area (Å²) in [4.78, 5) is 0. The first-order chi connectivity index (χ1) is 23.1. The third-order valence-corrected chi connectivity index (χ3v) is 9.32. The molecule has 0 unspecified atom stereocenters. The standard InChI is InChI=1S/C44H56F2O/c1-3-5-7-9-11-12-13-14-16-18-34-47-42-33-32-41(43(45)44(42)46)40-30-28-39(29-31-40)38-26-24-37(25-27-38)36-22-20-35(21-23-36)19-17-15-10-8-6-4-2/h20-33H,3-19,34H2,1-2H3. The SMILES string of the molecule is CCCCCCCCCCCCOc1ccc(-c2ccc(-c3ccc(-c4ccc(CCCCCCCC)cc4)cc3)cc2)c(F)c1F. The largest absolute Gasteiger partial charge is 0.490 e. The number of ether oxygens (including phenoxy) is 1. The molecule has 0 radical (unpaired) electrons. The zero-order valence-corrected chi connectivity index (χ0v) is 29.0. The summed E-state index contributed by atoms with van der Waals surface area (Å²) in [7, 11) is 0. The molecule has 47 heavy (non-hydrogen) atoms. The molecule has 0 aliphatic carbocycles. The molecule has 4 aromatic carbocycles. The van der Waals surface area contributed by atoms with Crippen LogP contribution in [-0.4, -0.2) is 6.61 Å². The smallest absolute Gasteiger partial charge is 0.201 e. The van der Waals surface area contributed by atoms with Gasteiger partial charge in [0.1, 0.15) is 0 Å². The molecular weight excluding hydrogens is 582 g/mol. The molecule has 0 atom stereocenters. The summed E-state index contributed by atoms with van der Waals surface area (Å²) in [5, 5.41) is 0. The van der Waals surface area contributed by atoms with Crippen molar-refractivity contribution in [2.75, 3.05) is 6.61 Å². The first-order valence-electron chi connectivity index (χ1n) is 18.5. The predicted molar refractivity (Wildman–Crippen MR) is 197 cm³/mol. The van der Waals surface area contributed by atoms with E-state index in [1.807, 2.05) is 24.3 Å². The summed E-state index contributed by atoms with van der Waals surface area (Å²) in [6.45, 7) is 4.91. The first kappa shape index (κ1) is 36.4. The molecule has 1 nitrogen and oxygen atoms in total. The second kappa shape index (κ2) is 20.7. The maximum atomic E-state index is 15.1. The third kappa shape index (κ3) is 11.9. The highest BCUT2D eigenvalue weighted by molar-refractivity contribution is 5.73. The number of benzene rings is 4. The molecular formula is C44H56F2O. The van der Waals surface area contributed by atoms with Crippen molar-refractivity contribution in [1.82, 2.24) is 0 Å². The van der Waals surface area contributed by atoms with Crippen LogP contribution in [0.2, 0.25) is 0 Å². The average Bonchev–Trinajstić information content (AvgIpc) is 3.11. The fourth-order valence-corrected chi connectivity index (χ4v) is 6.31. The summed E-state index contributed by atoms with van der Waals surface area (Å²) in [6, 6.07) is 28.3. The summed E-state index contributed by atoms with van der Waals surface area (Å²) < 4.78 is 35.6. The van der Waals surface area contributed by atoms with E-state index in [4.69, 9.17) is 4.74 Å². The van der Waals surface area contributed by atoms with Crippen molar-refractivity contribution in [3.63, 3.8) is 0 Å². The molecule has 4 aromatic rings. The lowest BCUT2D eigenvalue weighted by Crippen LogP contribution is -2.01. The summed E-state index contributed by atoms with van der Waals surface area (Å²) in [6.07, 6.45) is 21.3. The molecule has 0 saturated carbocycles. The number of hydrogen-bond donors (Lipinski definition) is 0. The minimum absolute atomic E-state index is 0.00803. The molecule has 0 N–H and O–H groups in total. The van der Waals surface area contributed by atoms with Crippen LogP contribution in [0.5, 0.6) is 5.75 Å². The second-order valence-electron chi connectivity index (χ2n) is 13.1. The molecule has 4 rings (SSSR count). The van der Waals surface area contributed by atoms with Crippen LogP contribution < -0.4 is 4.74 Å². The van der Waals surface area contributed by atoms with Gasteiger partial charge in [-0.15, -0.1) is 0 Å². The van der Waals surface area contributed by atoms with Crippen molar-refractivity contribution in [2.45, 2.75) is 123 Å². The second-order valence-corrected chi connectivity index (χ2v) is 13.1.